The van der Waals surface area contributed by atoms with E-state index in [-0.39, 0.29) is 0 Å². The van der Waals surface area contributed by atoms with Crippen LogP contribution in [0, 0.1) is 17.2 Å². The van der Waals surface area contributed by atoms with Gasteiger partial charge in [0.25, 0.3) is 0 Å². The minimum Gasteiger partial charge on any atom is -0.497 e. The van der Waals surface area contributed by atoms with Crippen LogP contribution >= 0.6 is 0 Å². The summed E-state index contributed by atoms with van der Waals surface area (Å²) in [5.41, 5.74) is 2.00. The lowest BCUT2D eigenvalue weighted by molar-refractivity contribution is 0.415. The van der Waals surface area contributed by atoms with E-state index >= 15 is 0 Å². The van der Waals surface area contributed by atoms with Crippen LogP contribution in [-0.4, -0.2) is 22.1 Å². The molecular formula is C15H18N4O. The summed E-state index contributed by atoms with van der Waals surface area (Å²) in [5, 5.41) is 17.2. The minimum atomic E-state index is 0.349. The zero-order valence-electron chi connectivity index (χ0n) is 12.0. The smallest absolute Gasteiger partial charge is 0.190 e. The number of aryl methyl sites for hydroxylation is 1. The predicted molar refractivity (Wildman–Crippen MR) is 76.2 cm³/mol. The van der Waals surface area contributed by atoms with Gasteiger partial charge in [-0.05, 0) is 24.5 Å². The Morgan fingerprint density at radius 3 is 2.85 bits per heavy atom. The van der Waals surface area contributed by atoms with E-state index in [1.807, 2.05) is 24.3 Å². The molecular weight excluding hydrogens is 252 g/mol. The zero-order chi connectivity index (χ0) is 14.5. The van der Waals surface area contributed by atoms with Crippen molar-refractivity contribution in [2.75, 3.05) is 7.11 Å². The van der Waals surface area contributed by atoms with Crippen molar-refractivity contribution in [3.8, 4) is 23.1 Å². The van der Waals surface area contributed by atoms with Gasteiger partial charge in [0.05, 0.1) is 7.11 Å². The molecule has 0 N–H and O–H groups in total. The number of nitrogens with zero attached hydrogens (tertiary/aromatic N) is 4. The molecule has 2 aromatic rings. The second-order valence-corrected chi connectivity index (χ2v) is 5.04. The van der Waals surface area contributed by atoms with Gasteiger partial charge < -0.3 is 4.74 Å². The van der Waals surface area contributed by atoms with Gasteiger partial charge in [-0.15, -0.1) is 5.10 Å². The lowest BCUT2D eigenvalue weighted by Crippen LogP contribution is -2.05. The number of rotatable bonds is 5. The summed E-state index contributed by atoms with van der Waals surface area (Å²) in [5.74, 6) is 1.32. The molecule has 1 heterocycles. The second-order valence-electron chi connectivity index (χ2n) is 5.04. The van der Waals surface area contributed by atoms with Crippen LogP contribution in [0.3, 0.4) is 0 Å². The van der Waals surface area contributed by atoms with Crippen LogP contribution in [0.5, 0.6) is 5.75 Å². The molecule has 0 unspecified atom stereocenters. The van der Waals surface area contributed by atoms with Crippen LogP contribution in [0.2, 0.25) is 0 Å². The Bertz CT molecular complexity index is 625. The summed E-state index contributed by atoms with van der Waals surface area (Å²) in [6.45, 7) is 5.07. The van der Waals surface area contributed by atoms with Crippen molar-refractivity contribution in [3.05, 3.63) is 30.0 Å². The zero-order valence-corrected chi connectivity index (χ0v) is 12.0. The molecule has 0 radical (unpaired) electrons. The maximum atomic E-state index is 9.20. The van der Waals surface area contributed by atoms with Crippen molar-refractivity contribution < 1.29 is 4.74 Å². The molecule has 0 saturated heterocycles. The maximum absolute atomic E-state index is 9.20. The first-order chi connectivity index (χ1) is 9.65. The van der Waals surface area contributed by atoms with Crippen LogP contribution in [-0.2, 0) is 6.54 Å². The third kappa shape index (κ3) is 2.97. The highest BCUT2D eigenvalue weighted by Crippen LogP contribution is 2.26. The van der Waals surface area contributed by atoms with Crippen LogP contribution in [0.15, 0.2) is 24.3 Å². The van der Waals surface area contributed by atoms with E-state index in [9.17, 15) is 5.26 Å². The average Bonchev–Trinajstić information content (AvgIpc) is 2.88. The number of benzene rings is 1. The quantitative estimate of drug-likeness (QED) is 0.838. The second kappa shape index (κ2) is 6.20. The Hall–Kier alpha value is -2.35. The molecule has 2 rings (SSSR count). The lowest BCUT2D eigenvalue weighted by Gasteiger charge is -2.09. The average molecular weight is 270 g/mol. The Morgan fingerprint density at radius 1 is 1.40 bits per heavy atom. The van der Waals surface area contributed by atoms with Crippen LogP contribution in [0.1, 0.15) is 26.0 Å². The van der Waals surface area contributed by atoms with Gasteiger partial charge in [-0.3, -0.25) is 0 Å². The Balaban J connectivity index is 2.42. The molecule has 0 saturated carbocycles. The third-order valence-corrected chi connectivity index (χ3v) is 3.10. The number of methoxy groups -OCH3 is 1. The number of ether oxygens (including phenoxy) is 1. The SMILES string of the molecule is COc1cccc(-c2c(C#N)nnn2CCC(C)C)c1. The number of nitriles is 1. The van der Waals surface area contributed by atoms with Crippen molar-refractivity contribution in [2.45, 2.75) is 26.8 Å². The molecule has 1 aromatic carbocycles. The molecule has 0 bridgehead atoms. The highest BCUT2D eigenvalue weighted by Gasteiger charge is 2.15. The highest BCUT2D eigenvalue weighted by molar-refractivity contribution is 5.66. The molecule has 0 spiro atoms. The van der Waals surface area contributed by atoms with E-state index in [0.29, 0.717) is 11.6 Å². The first-order valence-corrected chi connectivity index (χ1v) is 6.63. The summed E-state index contributed by atoms with van der Waals surface area (Å²) in [6, 6.07) is 9.71. The van der Waals surface area contributed by atoms with E-state index < -0.39 is 0 Å². The number of aromatic nitrogens is 3. The largest absolute Gasteiger partial charge is 0.497 e. The number of hydrogen-bond acceptors (Lipinski definition) is 4. The highest BCUT2D eigenvalue weighted by atomic mass is 16.5. The maximum Gasteiger partial charge on any atom is 0.190 e. The van der Waals surface area contributed by atoms with Crippen molar-refractivity contribution in [2.24, 2.45) is 5.92 Å². The van der Waals surface area contributed by atoms with Crippen molar-refractivity contribution in [3.63, 3.8) is 0 Å². The molecule has 1 aromatic heterocycles. The fourth-order valence-corrected chi connectivity index (χ4v) is 1.98. The Kier molecular flexibility index (Phi) is 4.36. The summed E-state index contributed by atoms with van der Waals surface area (Å²) in [7, 11) is 1.62. The molecule has 5 nitrogen and oxygen atoms in total. The van der Waals surface area contributed by atoms with E-state index in [1.165, 1.54) is 0 Å². The van der Waals surface area contributed by atoms with Gasteiger partial charge in [0.1, 0.15) is 17.5 Å². The molecule has 0 atom stereocenters. The van der Waals surface area contributed by atoms with Gasteiger partial charge in [0, 0.05) is 12.1 Å². The van der Waals surface area contributed by atoms with Gasteiger partial charge in [0.2, 0.25) is 0 Å². The summed E-state index contributed by atoms with van der Waals surface area (Å²) in [4.78, 5) is 0. The summed E-state index contributed by atoms with van der Waals surface area (Å²) in [6.07, 6.45) is 0.991. The molecule has 5 heteroatoms. The Morgan fingerprint density at radius 2 is 2.20 bits per heavy atom. The standard InChI is InChI=1S/C15H18N4O/c1-11(2)7-8-19-15(14(10-16)17-18-19)12-5-4-6-13(9-12)20-3/h4-6,9,11H,7-8H2,1-3H3. The van der Waals surface area contributed by atoms with E-state index in [4.69, 9.17) is 4.74 Å². The minimum absolute atomic E-state index is 0.349. The lowest BCUT2D eigenvalue weighted by atomic mass is 10.1. The normalized spacial score (nSPS) is 10.6. The third-order valence-electron chi connectivity index (χ3n) is 3.10. The molecule has 0 fully saturated rings. The van der Waals surface area contributed by atoms with Gasteiger partial charge in [-0.25, -0.2) is 4.68 Å². The van der Waals surface area contributed by atoms with E-state index in [1.54, 1.807) is 11.8 Å². The summed E-state index contributed by atoms with van der Waals surface area (Å²) >= 11 is 0. The van der Waals surface area contributed by atoms with Gasteiger partial charge >= 0.3 is 0 Å². The molecule has 0 amide bonds. The molecule has 20 heavy (non-hydrogen) atoms. The molecule has 0 aliphatic heterocycles. The van der Waals surface area contributed by atoms with Gasteiger partial charge in [-0.2, -0.15) is 5.26 Å². The monoisotopic (exact) mass is 270 g/mol. The van der Waals surface area contributed by atoms with Gasteiger partial charge in [0.15, 0.2) is 5.69 Å². The van der Waals surface area contributed by atoms with E-state index in [2.05, 4.69) is 30.2 Å². The fourth-order valence-electron chi connectivity index (χ4n) is 1.98. The Labute approximate surface area is 118 Å². The topological polar surface area (TPSA) is 63.7 Å². The molecule has 0 aliphatic carbocycles. The van der Waals surface area contributed by atoms with Crippen molar-refractivity contribution in [1.82, 2.24) is 15.0 Å². The van der Waals surface area contributed by atoms with Crippen LogP contribution < -0.4 is 4.74 Å². The predicted octanol–water partition coefficient (Wildman–Crippen LogP) is 2.87. The van der Waals surface area contributed by atoms with Crippen molar-refractivity contribution in [1.29, 1.82) is 5.26 Å². The molecule has 104 valence electrons. The van der Waals surface area contributed by atoms with Crippen LogP contribution in [0.4, 0.5) is 0 Å². The fraction of sp³-hybridized carbons (Fsp3) is 0.400. The number of hydrogen-bond donors (Lipinski definition) is 0. The van der Waals surface area contributed by atoms with Crippen LogP contribution in [0.25, 0.3) is 11.3 Å². The first-order valence-electron chi connectivity index (χ1n) is 6.63. The van der Waals surface area contributed by atoms with Gasteiger partial charge in [-0.1, -0.05) is 31.2 Å². The van der Waals surface area contributed by atoms with E-state index in [0.717, 1.165) is 30.0 Å². The molecule has 0 aliphatic rings. The summed E-state index contributed by atoms with van der Waals surface area (Å²) < 4.78 is 7.03. The van der Waals surface area contributed by atoms with Crippen molar-refractivity contribution >= 4 is 0 Å². The first kappa shape index (κ1) is 14.1.